The van der Waals surface area contributed by atoms with Gasteiger partial charge in [-0.1, -0.05) is 6.42 Å². The smallest absolute Gasteiger partial charge is 0.245 e. The molecule has 0 spiro atoms. The number of amides is 2. The Morgan fingerprint density at radius 1 is 1.26 bits per heavy atom. The molecule has 1 atom stereocenters. The number of rotatable bonds is 7. The highest BCUT2D eigenvalue weighted by Crippen LogP contribution is 2.02. The van der Waals surface area contributed by atoms with Crippen LogP contribution in [-0.4, -0.2) is 55.6 Å². The Hall–Kier alpha value is -1.14. The van der Waals surface area contributed by atoms with Gasteiger partial charge in [0.25, 0.3) is 0 Å². The van der Waals surface area contributed by atoms with E-state index in [1.165, 1.54) is 0 Å². The molecule has 1 fully saturated rings. The topological polar surface area (TPSA) is 84.7 Å². The van der Waals surface area contributed by atoms with Gasteiger partial charge in [0.1, 0.15) is 6.04 Å². The van der Waals surface area contributed by atoms with Crippen molar-refractivity contribution in [3.63, 3.8) is 0 Å². The standard InChI is InChI=1S/C13H25N3O3/c1-11(13(18)16-7-9-19-10-8-16)15-12(17)5-3-2-4-6-14/h11H,2-10,14H2,1H3,(H,15,17). The number of ether oxygens (including phenoxy) is 1. The van der Waals surface area contributed by atoms with Crippen LogP contribution in [0, 0.1) is 0 Å². The van der Waals surface area contributed by atoms with E-state index >= 15 is 0 Å². The molecule has 1 aliphatic rings. The molecule has 1 aliphatic heterocycles. The first-order chi connectivity index (χ1) is 9.15. The number of carbonyl (C=O) groups is 2. The highest BCUT2D eigenvalue weighted by atomic mass is 16.5. The van der Waals surface area contributed by atoms with E-state index in [9.17, 15) is 9.59 Å². The van der Waals surface area contributed by atoms with Gasteiger partial charge in [-0.15, -0.1) is 0 Å². The van der Waals surface area contributed by atoms with E-state index in [0.717, 1.165) is 19.3 Å². The van der Waals surface area contributed by atoms with Crippen LogP contribution in [0.2, 0.25) is 0 Å². The summed E-state index contributed by atoms with van der Waals surface area (Å²) in [5.41, 5.74) is 5.39. The van der Waals surface area contributed by atoms with Gasteiger partial charge in [-0.05, 0) is 26.3 Å². The van der Waals surface area contributed by atoms with Crippen molar-refractivity contribution in [2.75, 3.05) is 32.8 Å². The summed E-state index contributed by atoms with van der Waals surface area (Å²) < 4.78 is 5.20. The highest BCUT2D eigenvalue weighted by molar-refractivity contribution is 5.87. The first-order valence-corrected chi connectivity index (χ1v) is 7.01. The van der Waals surface area contributed by atoms with Crippen molar-refractivity contribution in [3.05, 3.63) is 0 Å². The molecule has 110 valence electrons. The summed E-state index contributed by atoms with van der Waals surface area (Å²) in [6.07, 6.45) is 3.17. The maximum absolute atomic E-state index is 12.0. The molecular weight excluding hydrogens is 246 g/mol. The minimum atomic E-state index is -0.458. The van der Waals surface area contributed by atoms with Gasteiger partial charge in [-0.2, -0.15) is 0 Å². The van der Waals surface area contributed by atoms with E-state index in [4.69, 9.17) is 10.5 Å². The minimum Gasteiger partial charge on any atom is -0.378 e. The van der Waals surface area contributed by atoms with Gasteiger partial charge in [-0.3, -0.25) is 9.59 Å². The molecule has 0 bridgehead atoms. The molecule has 0 aliphatic carbocycles. The summed E-state index contributed by atoms with van der Waals surface area (Å²) >= 11 is 0. The Kier molecular flexibility index (Phi) is 7.43. The Bertz CT molecular complexity index is 291. The molecule has 3 N–H and O–H groups in total. The van der Waals surface area contributed by atoms with Crippen molar-refractivity contribution >= 4 is 11.8 Å². The lowest BCUT2D eigenvalue weighted by molar-refractivity contribution is -0.139. The lowest BCUT2D eigenvalue weighted by Crippen LogP contribution is -2.50. The van der Waals surface area contributed by atoms with Crippen LogP contribution in [0.25, 0.3) is 0 Å². The average molecular weight is 271 g/mol. The quantitative estimate of drug-likeness (QED) is 0.632. The number of morpholine rings is 1. The molecule has 2 amide bonds. The Morgan fingerprint density at radius 2 is 1.95 bits per heavy atom. The summed E-state index contributed by atoms with van der Waals surface area (Å²) in [5, 5.41) is 2.75. The molecule has 0 aromatic rings. The molecule has 0 radical (unpaired) electrons. The zero-order chi connectivity index (χ0) is 14.1. The van der Waals surface area contributed by atoms with E-state index in [-0.39, 0.29) is 11.8 Å². The molecule has 1 unspecified atom stereocenters. The molecule has 6 nitrogen and oxygen atoms in total. The van der Waals surface area contributed by atoms with E-state index in [2.05, 4.69) is 5.32 Å². The largest absolute Gasteiger partial charge is 0.378 e. The number of hydrogen-bond donors (Lipinski definition) is 2. The second-order valence-electron chi connectivity index (χ2n) is 4.83. The summed E-state index contributed by atoms with van der Waals surface area (Å²) in [7, 11) is 0. The van der Waals surface area contributed by atoms with Crippen molar-refractivity contribution in [1.29, 1.82) is 0 Å². The molecule has 19 heavy (non-hydrogen) atoms. The van der Waals surface area contributed by atoms with Crippen molar-refractivity contribution in [2.24, 2.45) is 5.73 Å². The first kappa shape index (κ1) is 15.9. The summed E-state index contributed by atoms with van der Waals surface area (Å²) in [5.74, 6) is -0.0928. The summed E-state index contributed by atoms with van der Waals surface area (Å²) in [4.78, 5) is 25.5. The maximum atomic E-state index is 12.0. The van der Waals surface area contributed by atoms with Crippen molar-refractivity contribution in [3.8, 4) is 0 Å². The number of unbranched alkanes of at least 4 members (excludes halogenated alkanes) is 2. The fraction of sp³-hybridized carbons (Fsp3) is 0.846. The minimum absolute atomic E-state index is 0.0291. The molecule has 1 saturated heterocycles. The van der Waals surface area contributed by atoms with Gasteiger partial charge in [0.15, 0.2) is 0 Å². The molecule has 6 heteroatoms. The van der Waals surface area contributed by atoms with Crippen LogP contribution >= 0.6 is 0 Å². The van der Waals surface area contributed by atoms with E-state index in [1.54, 1.807) is 11.8 Å². The molecule has 1 rings (SSSR count). The van der Waals surface area contributed by atoms with E-state index < -0.39 is 6.04 Å². The van der Waals surface area contributed by atoms with Gasteiger partial charge in [0.2, 0.25) is 11.8 Å². The fourth-order valence-electron chi connectivity index (χ4n) is 2.04. The van der Waals surface area contributed by atoms with Crippen LogP contribution in [0.1, 0.15) is 32.6 Å². The number of hydrogen-bond acceptors (Lipinski definition) is 4. The lowest BCUT2D eigenvalue weighted by Gasteiger charge is -2.29. The van der Waals surface area contributed by atoms with Crippen LogP contribution in [0.15, 0.2) is 0 Å². The van der Waals surface area contributed by atoms with Crippen molar-refractivity contribution in [1.82, 2.24) is 10.2 Å². The highest BCUT2D eigenvalue weighted by Gasteiger charge is 2.23. The van der Waals surface area contributed by atoms with E-state index in [1.807, 2.05) is 0 Å². The number of nitrogens with two attached hydrogens (primary N) is 1. The molecular formula is C13H25N3O3. The number of nitrogens with zero attached hydrogens (tertiary/aromatic N) is 1. The Labute approximate surface area is 114 Å². The lowest BCUT2D eigenvalue weighted by atomic mass is 10.1. The Balaban J connectivity index is 2.22. The van der Waals surface area contributed by atoms with Gasteiger partial charge >= 0.3 is 0 Å². The third-order valence-corrected chi connectivity index (χ3v) is 3.18. The van der Waals surface area contributed by atoms with Gasteiger partial charge in [-0.25, -0.2) is 0 Å². The monoisotopic (exact) mass is 271 g/mol. The SMILES string of the molecule is CC(NC(=O)CCCCCN)C(=O)N1CCOCC1. The predicted octanol–water partition coefficient (Wildman–Crippen LogP) is -0.131. The molecule has 0 aromatic heterocycles. The molecule has 0 aromatic carbocycles. The van der Waals surface area contributed by atoms with Crippen molar-refractivity contribution < 1.29 is 14.3 Å². The summed E-state index contributed by atoms with van der Waals surface area (Å²) in [6.45, 7) is 4.76. The van der Waals surface area contributed by atoms with Crippen LogP contribution in [-0.2, 0) is 14.3 Å². The van der Waals surface area contributed by atoms with Gasteiger partial charge in [0.05, 0.1) is 13.2 Å². The number of nitrogens with one attached hydrogen (secondary N) is 1. The Morgan fingerprint density at radius 3 is 2.58 bits per heavy atom. The summed E-state index contributed by atoms with van der Waals surface area (Å²) in [6, 6.07) is -0.458. The zero-order valence-corrected chi connectivity index (χ0v) is 11.7. The van der Waals surface area contributed by atoms with Crippen molar-refractivity contribution in [2.45, 2.75) is 38.6 Å². The zero-order valence-electron chi connectivity index (χ0n) is 11.7. The predicted molar refractivity (Wildman–Crippen MR) is 72.5 cm³/mol. The normalized spacial score (nSPS) is 17.1. The maximum Gasteiger partial charge on any atom is 0.245 e. The molecule has 1 heterocycles. The number of carbonyl (C=O) groups excluding carboxylic acids is 2. The first-order valence-electron chi connectivity index (χ1n) is 7.01. The van der Waals surface area contributed by atoms with Gasteiger partial charge < -0.3 is 20.7 Å². The second kappa shape index (κ2) is 8.87. The van der Waals surface area contributed by atoms with Crippen LogP contribution < -0.4 is 11.1 Å². The van der Waals surface area contributed by atoms with E-state index in [0.29, 0.717) is 39.3 Å². The fourth-order valence-corrected chi connectivity index (χ4v) is 2.04. The second-order valence-corrected chi connectivity index (χ2v) is 4.83. The third-order valence-electron chi connectivity index (χ3n) is 3.18. The van der Waals surface area contributed by atoms with Crippen LogP contribution in [0.4, 0.5) is 0 Å². The van der Waals surface area contributed by atoms with Crippen LogP contribution in [0.3, 0.4) is 0 Å². The van der Waals surface area contributed by atoms with Crippen LogP contribution in [0.5, 0.6) is 0 Å². The van der Waals surface area contributed by atoms with Gasteiger partial charge in [0, 0.05) is 19.5 Å². The molecule has 0 saturated carbocycles. The average Bonchev–Trinajstić information content (AvgIpc) is 2.43. The third kappa shape index (κ3) is 6.02.